The van der Waals surface area contributed by atoms with Crippen molar-refractivity contribution in [3.8, 4) is 11.5 Å². The summed E-state index contributed by atoms with van der Waals surface area (Å²) < 4.78 is 7.68. The van der Waals surface area contributed by atoms with Crippen LogP contribution in [-0.4, -0.2) is 27.8 Å². The Balaban J connectivity index is 1.69. The van der Waals surface area contributed by atoms with Gasteiger partial charge in [0.2, 0.25) is 0 Å². The van der Waals surface area contributed by atoms with E-state index in [0.717, 1.165) is 16.5 Å². The van der Waals surface area contributed by atoms with E-state index in [2.05, 4.69) is 15.6 Å². The number of carbonyl (C=O) groups is 2. The van der Waals surface area contributed by atoms with Crippen molar-refractivity contribution < 1.29 is 14.0 Å². The standard InChI is InChI=1S/C21H17N5O3/c22-20(27)21(28)24-23-11-16-13-26(12-14-6-2-1-3-7-14)25-19(16)18-10-15-8-4-5-9-17(15)29-18/h1-11,13H,12H2,(H2,22,27)(H,24,28)/b23-11-. The minimum atomic E-state index is -1.11. The molecular weight excluding hydrogens is 370 g/mol. The number of nitrogens with two attached hydrogens (primary N) is 1. The highest BCUT2D eigenvalue weighted by Crippen LogP contribution is 2.28. The van der Waals surface area contributed by atoms with Crippen molar-refractivity contribution in [1.82, 2.24) is 15.2 Å². The smallest absolute Gasteiger partial charge is 0.329 e. The fourth-order valence-corrected chi connectivity index (χ4v) is 2.89. The number of hydrogen-bond acceptors (Lipinski definition) is 5. The molecule has 0 aliphatic rings. The highest BCUT2D eigenvalue weighted by atomic mass is 16.3. The maximum Gasteiger partial charge on any atom is 0.329 e. The second-order valence-electron chi connectivity index (χ2n) is 6.33. The van der Waals surface area contributed by atoms with Crippen molar-refractivity contribution >= 4 is 29.0 Å². The second-order valence-corrected chi connectivity index (χ2v) is 6.33. The lowest BCUT2D eigenvalue weighted by molar-refractivity contribution is -0.137. The Morgan fingerprint density at radius 2 is 1.90 bits per heavy atom. The number of amides is 2. The number of hydrogen-bond donors (Lipinski definition) is 2. The number of hydrazone groups is 1. The lowest BCUT2D eigenvalue weighted by Crippen LogP contribution is -2.32. The van der Waals surface area contributed by atoms with Gasteiger partial charge in [-0.1, -0.05) is 48.5 Å². The highest BCUT2D eigenvalue weighted by Gasteiger charge is 2.15. The summed E-state index contributed by atoms with van der Waals surface area (Å²) in [4.78, 5) is 22.2. The summed E-state index contributed by atoms with van der Waals surface area (Å²) in [5, 5.41) is 9.38. The van der Waals surface area contributed by atoms with Gasteiger partial charge < -0.3 is 10.2 Å². The van der Waals surface area contributed by atoms with E-state index in [4.69, 9.17) is 10.2 Å². The summed E-state index contributed by atoms with van der Waals surface area (Å²) in [7, 11) is 0. The Labute approximate surface area is 165 Å². The zero-order valence-corrected chi connectivity index (χ0v) is 15.3. The van der Waals surface area contributed by atoms with E-state index >= 15 is 0 Å². The van der Waals surface area contributed by atoms with Gasteiger partial charge >= 0.3 is 11.8 Å². The van der Waals surface area contributed by atoms with Gasteiger partial charge in [-0.05, 0) is 17.7 Å². The molecule has 4 rings (SSSR count). The average molecular weight is 387 g/mol. The molecule has 2 heterocycles. The molecule has 0 aliphatic carbocycles. The van der Waals surface area contributed by atoms with E-state index in [-0.39, 0.29) is 0 Å². The van der Waals surface area contributed by atoms with Crippen LogP contribution in [0.2, 0.25) is 0 Å². The third kappa shape index (κ3) is 4.06. The van der Waals surface area contributed by atoms with Gasteiger partial charge in [0.1, 0.15) is 11.3 Å². The van der Waals surface area contributed by atoms with Gasteiger partial charge in [-0.3, -0.25) is 14.3 Å². The van der Waals surface area contributed by atoms with Crippen molar-refractivity contribution in [2.45, 2.75) is 6.54 Å². The summed E-state index contributed by atoms with van der Waals surface area (Å²) in [5.74, 6) is -1.54. The zero-order chi connectivity index (χ0) is 20.2. The van der Waals surface area contributed by atoms with E-state index < -0.39 is 11.8 Å². The molecular formula is C21H17N5O3. The third-order valence-corrected chi connectivity index (χ3v) is 4.23. The first kappa shape index (κ1) is 18.2. The van der Waals surface area contributed by atoms with Crippen molar-refractivity contribution in [3.63, 3.8) is 0 Å². The van der Waals surface area contributed by atoms with E-state index in [1.165, 1.54) is 6.21 Å². The van der Waals surface area contributed by atoms with E-state index in [0.29, 0.717) is 23.6 Å². The lowest BCUT2D eigenvalue weighted by Gasteiger charge is -2.00. The van der Waals surface area contributed by atoms with Crippen LogP contribution in [0.1, 0.15) is 11.1 Å². The predicted octanol–water partition coefficient (Wildman–Crippen LogP) is 2.28. The van der Waals surface area contributed by atoms with Crippen molar-refractivity contribution in [2.24, 2.45) is 10.8 Å². The van der Waals surface area contributed by atoms with Crippen LogP contribution in [-0.2, 0) is 16.1 Å². The Morgan fingerprint density at radius 1 is 1.14 bits per heavy atom. The van der Waals surface area contributed by atoms with Crippen LogP contribution in [0.5, 0.6) is 0 Å². The van der Waals surface area contributed by atoms with Crippen LogP contribution in [0, 0.1) is 0 Å². The number of furan rings is 1. The van der Waals surface area contributed by atoms with Gasteiger partial charge in [-0.25, -0.2) is 5.43 Å². The number of carbonyl (C=O) groups excluding carboxylic acids is 2. The molecule has 2 amide bonds. The molecule has 8 nitrogen and oxygen atoms in total. The summed E-state index contributed by atoms with van der Waals surface area (Å²) in [6.45, 7) is 0.551. The van der Waals surface area contributed by atoms with Crippen LogP contribution >= 0.6 is 0 Å². The highest BCUT2D eigenvalue weighted by molar-refractivity contribution is 6.34. The summed E-state index contributed by atoms with van der Waals surface area (Å²) >= 11 is 0. The van der Waals surface area contributed by atoms with Crippen molar-refractivity contribution in [2.75, 3.05) is 0 Å². The number of primary amides is 1. The minimum absolute atomic E-state index is 0.551. The number of nitrogens with zero attached hydrogens (tertiary/aromatic N) is 3. The molecule has 0 atom stereocenters. The largest absolute Gasteiger partial charge is 0.454 e. The molecule has 29 heavy (non-hydrogen) atoms. The molecule has 0 radical (unpaired) electrons. The van der Waals surface area contributed by atoms with Crippen molar-refractivity contribution in [3.05, 3.63) is 78.0 Å². The van der Waals surface area contributed by atoms with Gasteiger partial charge in [0.05, 0.1) is 12.8 Å². The molecule has 0 unspecified atom stereocenters. The molecule has 0 spiro atoms. The summed E-state index contributed by atoms with van der Waals surface area (Å²) in [6, 6.07) is 19.4. The molecule has 4 aromatic rings. The molecule has 0 saturated carbocycles. The number of aromatic nitrogens is 2. The molecule has 2 aromatic heterocycles. The molecule has 8 heteroatoms. The Morgan fingerprint density at radius 3 is 2.66 bits per heavy atom. The van der Waals surface area contributed by atoms with Crippen LogP contribution < -0.4 is 11.2 Å². The van der Waals surface area contributed by atoms with Gasteiger partial charge in [0.15, 0.2) is 5.76 Å². The van der Waals surface area contributed by atoms with Crippen molar-refractivity contribution in [1.29, 1.82) is 0 Å². The van der Waals surface area contributed by atoms with Crippen LogP contribution in [0.25, 0.3) is 22.4 Å². The van der Waals surface area contributed by atoms with Gasteiger partial charge in [0.25, 0.3) is 0 Å². The molecule has 0 bridgehead atoms. The minimum Gasteiger partial charge on any atom is -0.454 e. The monoisotopic (exact) mass is 387 g/mol. The molecule has 3 N–H and O–H groups in total. The Bertz CT molecular complexity index is 1170. The van der Waals surface area contributed by atoms with Crippen LogP contribution in [0.15, 0.2) is 76.4 Å². The van der Waals surface area contributed by atoms with E-state index in [1.54, 1.807) is 10.9 Å². The number of nitrogens with one attached hydrogen (secondary N) is 1. The maximum atomic E-state index is 11.3. The van der Waals surface area contributed by atoms with Crippen LogP contribution in [0.4, 0.5) is 0 Å². The number of rotatable bonds is 5. The predicted molar refractivity (Wildman–Crippen MR) is 108 cm³/mol. The molecule has 0 saturated heterocycles. The summed E-state index contributed by atoms with van der Waals surface area (Å²) in [6.07, 6.45) is 3.19. The molecule has 2 aromatic carbocycles. The zero-order valence-electron chi connectivity index (χ0n) is 15.3. The molecule has 0 aliphatic heterocycles. The second kappa shape index (κ2) is 7.81. The average Bonchev–Trinajstić information content (AvgIpc) is 3.32. The number of fused-ring (bicyclic) bond motifs is 1. The normalized spacial score (nSPS) is 11.2. The Hall–Kier alpha value is -4.20. The lowest BCUT2D eigenvalue weighted by atomic mass is 10.2. The van der Waals surface area contributed by atoms with E-state index in [1.807, 2.05) is 60.7 Å². The first-order chi connectivity index (χ1) is 14.1. The van der Waals surface area contributed by atoms with Gasteiger partial charge in [-0.2, -0.15) is 10.2 Å². The number of para-hydroxylation sites is 1. The van der Waals surface area contributed by atoms with Crippen LogP contribution in [0.3, 0.4) is 0 Å². The first-order valence-electron chi connectivity index (χ1n) is 8.83. The fourth-order valence-electron chi connectivity index (χ4n) is 2.89. The topological polar surface area (TPSA) is 116 Å². The summed E-state index contributed by atoms with van der Waals surface area (Å²) in [5.41, 5.74) is 10.00. The fraction of sp³-hybridized carbons (Fsp3) is 0.0476. The Kier molecular flexibility index (Phi) is 4.90. The maximum absolute atomic E-state index is 11.3. The first-order valence-corrected chi connectivity index (χ1v) is 8.83. The SMILES string of the molecule is NC(=O)C(=O)N/N=C\c1cn(Cc2ccccc2)nc1-c1cc2ccccc2o1. The molecule has 144 valence electrons. The quantitative estimate of drug-likeness (QED) is 0.310. The third-order valence-electron chi connectivity index (χ3n) is 4.23. The number of benzene rings is 2. The van der Waals surface area contributed by atoms with Gasteiger partial charge in [0, 0.05) is 17.1 Å². The van der Waals surface area contributed by atoms with E-state index in [9.17, 15) is 9.59 Å². The van der Waals surface area contributed by atoms with Gasteiger partial charge in [-0.15, -0.1) is 0 Å². The molecule has 0 fully saturated rings.